The number of nitro groups is 1. The molecule has 0 aliphatic carbocycles. The maximum absolute atomic E-state index is 12.2. The molecular formula is C14H10ClNO7S. The third-order valence-corrected chi connectivity index (χ3v) is 4.38. The van der Waals surface area contributed by atoms with Crippen molar-refractivity contribution in [3.8, 4) is 5.75 Å². The summed E-state index contributed by atoms with van der Waals surface area (Å²) in [5.41, 5.74) is -0.704. The van der Waals surface area contributed by atoms with E-state index in [-0.39, 0.29) is 10.5 Å². The zero-order valence-corrected chi connectivity index (χ0v) is 13.7. The van der Waals surface area contributed by atoms with Crippen molar-refractivity contribution in [2.45, 2.75) is 4.90 Å². The maximum atomic E-state index is 12.2. The smallest absolute Gasteiger partial charge is 0.339 e. The summed E-state index contributed by atoms with van der Waals surface area (Å²) in [6.45, 7) is 0. The van der Waals surface area contributed by atoms with E-state index in [2.05, 4.69) is 4.74 Å². The third-order valence-electron chi connectivity index (χ3n) is 2.88. The molecule has 0 saturated heterocycles. The summed E-state index contributed by atoms with van der Waals surface area (Å²) in [6, 6.07) is 8.05. The number of nitro benzene ring substituents is 1. The molecule has 0 aliphatic heterocycles. The summed E-state index contributed by atoms with van der Waals surface area (Å²) < 4.78 is 33.8. The molecule has 0 aliphatic rings. The first-order chi connectivity index (χ1) is 11.2. The first-order valence-electron chi connectivity index (χ1n) is 6.31. The molecule has 0 amide bonds. The van der Waals surface area contributed by atoms with Crippen LogP contribution in [0.4, 0.5) is 5.69 Å². The first kappa shape index (κ1) is 17.7. The molecule has 0 unspecified atom stereocenters. The van der Waals surface area contributed by atoms with E-state index < -0.39 is 32.4 Å². The summed E-state index contributed by atoms with van der Waals surface area (Å²) >= 11 is 5.68. The summed E-state index contributed by atoms with van der Waals surface area (Å²) in [7, 11) is -3.23. The number of carbonyl (C=O) groups excluding carboxylic acids is 1. The Kier molecular flexibility index (Phi) is 5.05. The Morgan fingerprint density at radius 3 is 2.33 bits per heavy atom. The SMILES string of the molecule is COC(=O)c1ccc([N+](=O)[O-])c(OS(=O)(=O)c2ccc(Cl)cc2)c1. The van der Waals surface area contributed by atoms with Gasteiger partial charge in [0, 0.05) is 17.2 Å². The molecule has 2 aromatic rings. The van der Waals surface area contributed by atoms with Crippen molar-refractivity contribution >= 4 is 33.4 Å². The van der Waals surface area contributed by atoms with Crippen LogP contribution in [0.1, 0.15) is 10.4 Å². The van der Waals surface area contributed by atoms with Gasteiger partial charge in [-0.05, 0) is 30.3 Å². The van der Waals surface area contributed by atoms with Gasteiger partial charge in [0.05, 0.1) is 17.6 Å². The van der Waals surface area contributed by atoms with Crippen molar-refractivity contribution in [1.82, 2.24) is 0 Å². The molecule has 10 heteroatoms. The van der Waals surface area contributed by atoms with E-state index in [4.69, 9.17) is 15.8 Å². The van der Waals surface area contributed by atoms with Crippen molar-refractivity contribution in [2.75, 3.05) is 7.11 Å². The molecule has 24 heavy (non-hydrogen) atoms. The van der Waals surface area contributed by atoms with Gasteiger partial charge in [0.1, 0.15) is 4.90 Å². The van der Waals surface area contributed by atoms with Crippen LogP contribution in [0.15, 0.2) is 47.4 Å². The van der Waals surface area contributed by atoms with Gasteiger partial charge in [0.25, 0.3) is 0 Å². The van der Waals surface area contributed by atoms with Crippen LogP contribution < -0.4 is 4.18 Å². The fourth-order valence-corrected chi connectivity index (χ4v) is 2.81. The number of hydrogen-bond acceptors (Lipinski definition) is 7. The van der Waals surface area contributed by atoms with E-state index in [0.29, 0.717) is 5.02 Å². The van der Waals surface area contributed by atoms with Crippen LogP contribution in [0.2, 0.25) is 5.02 Å². The summed E-state index contributed by atoms with van der Waals surface area (Å²) in [4.78, 5) is 21.5. The molecule has 2 aromatic carbocycles. The Labute approximate surface area is 141 Å². The van der Waals surface area contributed by atoms with E-state index in [0.717, 1.165) is 25.3 Å². The maximum Gasteiger partial charge on any atom is 0.339 e. The predicted octanol–water partition coefficient (Wildman–Crippen LogP) is 2.80. The zero-order valence-electron chi connectivity index (χ0n) is 12.1. The molecule has 0 saturated carbocycles. The molecule has 8 nitrogen and oxygen atoms in total. The van der Waals surface area contributed by atoms with Gasteiger partial charge in [0.15, 0.2) is 0 Å². The second-order valence-electron chi connectivity index (χ2n) is 4.42. The molecule has 0 radical (unpaired) electrons. The number of carbonyl (C=O) groups is 1. The Morgan fingerprint density at radius 2 is 1.79 bits per heavy atom. The lowest BCUT2D eigenvalue weighted by Gasteiger charge is -2.08. The van der Waals surface area contributed by atoms with Crippen LogP contribution in [-0.2, 0) is 14.9 Å². The highest BCUT2D eigenvalue weighted by molar-refractivity contribution is 7.87. The fourth-order valence-electron chi connectivity index (χ4n) is 1.74. The lowest BCUT2D eigenvalue weighted by Crippen LogP contribution is -2.12. The Bertz CT molecular complexity index is 894. The average Bonchev–Trinajstić information content (AvgIpc) is 2.53. The zero-order chi connectivity index (χ0) is 17.9. The van der Waals surface area contributed by atoms with E-state index in [1.165, 1.54) is 24.3 Å². The fraction of sp³-hybridized carbons (Fsp3) is 0.0714. The largest absolute Gasteiger partial charge is 0.465 e. The number of ether oxygens (including phenoxy) is 1. The molecule has 0 fully saturated rings. The molecule has 2 rings (SSSR count). The number of hydrogen-bond donors (Lipinski definition) is 0. The van der Waals surface area contributed by atoms with Crippen molar-refractivity contribution in [1.29, 1.82) is 0 Å². The van der Waals surface area contributed by atoms with E-state index in [9.17, 15) is 23.3 Å². The van der Waals surface area contributed by atoms with Gasteiger partial charge in [-0.25, -0.2) is 4.79 Å². The Morgan fingerprint density at radius 1 is 1.17 bits per heavy atom. The van der Waals surface area contributed by atoms with Crippen molar-refractivity contribution in [2.24, 2.45) is 0 Å². The molecule has 0 heterocycles. The van der Waals surface area contributed by atoms with Gasteiger partial charge in [-0.15, -0.1) is 0 Å². The van der Waals surface area contributed by atoms with Gasteiger partial charge < -0.3 is 8.92 Å². The molecule has 0 aromatic heterocycles. The second-order valence-corrected chi connectivity index (χ2v) is 6.41. The highest BCUT2D eigenvalue weighted by Crippen LogP contribution is 2.31. The quantitative estimate of drug-likeness (QED) is 0.343. The summed E-state index contributed by atoms with van der Waals surface area (Å²) in [6.07, 6.45) is 0. The Balaban J connectivity index is 2.48. The van der Waals surface area contributed by atoms with Gasteiger partial charge >= 0.3 is 21.8 Å². The van der Waals surface area contributed by atoms with E-state index in [1.807, 2.05) is 0 Å². The molecule has 0 N–H and O–H groups in total. The monoisotopic (exact) mass is 371 g/mol. The number of benzene rings is 2. The van der Waals surface area contributed by atoms with Crippen LogP contribution in [0.5, 0.6) is 5.75 Å². The lowest BCUT2D eigenvalue weighted by atomic mass is 10.2. The number of methoxy groups -OCH3 is 1. The lowest BCUT2D eigenvalue weighted by molar-refractivity contribution is -0.385. The number of halogens is 1. The van der Waals surface area contributed by atoms with Gasteiger partial charge in [0.2, 0.25) is 5.75 Å². The van der Waals surface area contributed by atoms with Crippen molar-refractivity contribution in [3.63, 3.8) is 0 Å². The summed E-state index contributed by atoms with van der Waals surface area (Å²) in [5.74, 6) is -1.39. The highest BCUT2D eigenvalue weighted by Gasteiger charge is 2.25. The standard InChI is InChI=1S/C14H10ClNO7S/c1-22-14(17)9-2-7-12(16(18)19)13(8-9)23-24(20,21)11-5-3-10(15)4-6-11/h2-8H,1H3. The van der Waals surface area contributed by atoms with Crippen molar-refractivity contribution < 1.29 is 27.1 Å². The van der Waals surface area contributed by atoms with Crippen LogP contribution >= 0.6 is 11.6 Å². The first-order valence-corrected chi connectivity index (χ1v) is 8.10. The van der Waals surface area contributed by atoms with E-state index >= 15 is 0 Å². The van der Waals surface area contributed by atoms with Crippen LogP contribution in [0, 0.1) is 10.1 Å². The highest BCUT2D eigenvalue weighted by atomic mass is 35.5. The van der Waals surface area contributed by atoms with Gasteiger partial charge in [-0.2, -0.15) is 8.42 Å². The van der Waals surface area contributed by atoms with Crippen LogP contribution in [-0.4, -0.2) is 26.4 Å². The normalized spacial score (nSPS) is 10.9. The predicted molar refractivity (Wildman–Crippen MR) is 83.7 cm³/mol. The van der Waals surface area contributed by atoms with Crippen LogP contribution in [0.3, 0.4) is 0 Å². The van der Waals surface area contributed by atoms with Gasteiger partial charge in [-0.3, -0.25) is 10.1 Å². The number of esters is 1. The number of rotatable bonds is 5. The minimum absolute atomic E-state index is 0.0931. The number of nitrogens with zero attached hydrogens (tertiary/aromatic N) is 1. The summed E-state index contributed by atoms with van der Waals surface area (Å²) in [5, 5.41) is 11.3. The molecule has 126 valence electrons. The third kappa shape index (κ3) is 3.81. The average molecular weight is 372 g/mol. The molecule has 0 spiro atoms. The minimum atomic E-state index is -4.35. The van der Waals surface area contributed by atoms with Crippen molar-refractivity contribution in [3.05, 3.63) is 63.2 Å². The topological polar surface area (TPSA) is 113 Å². The molecule has 0 atom stereocenters. The van der Waals surface area contributed by atoms with Gasteiger partial charge in [-0.1, -0.05) is 11.6 Å². The molecule has 0 bridgehead atoms. The second kappa shape index (κ2) is 6.85. The minimum Gasteiger partial charge on any atom is -0.465 e. The van der Waals surface area contributed by atoms with Crippen LogP contribution in [0.25, 0.3) is 0 Å². The Hall–Kier alpha value is -2.65. The van der Waals surface area contributed by atoms with E-state index in [1.54, 1.807) is 0 Å². The molecular weight excluding hydrogens is 362 g/mol.